The average Bonchev–Trinajstić information content (AvgIpc) is 2.94. The van der Waals surface area contributed by atoms with Crippen molar-refractivity contribution in [2.24, 2.45) is 0 Å². The van der Waals surface area contributed by atoms with Crippen molar-refractivity contribution in [3.05, 3.63) is 59.7 Å². The van der Waals surface area contributed by atoms with E-state index in [1.165, 1.54) is 0 Å². The summed E-state index contributed by atoms with van der Waals surface area (Å²) < 4.78 is 5.27. The summed E-state index contributed by atoms with van der Waals surface area (Å²) in [5.41, 5.74) is 2.61. The Balaban J connectivity index is 1.79. The van der Waals surface area contributed by atoms with Gasteiger partial charge in [-0.3, -0.25) is 5.10 Å². The highest BCUT2D eigenvalue weighted by atomic mass is 16.5. The molecule has 19 heavy (non-hydrogen) atoms. The summed E-state index contributed by atoms with van der Waals surface area (Å²) in [7, 11) is 0. The maximum Gasteiger partial charge on any atom is 0.340 e. The van der Waals surface area contributed by atoms with Crippen molar-refractivity contribution < 1.29 is 9.53 Å². The molecule has 5 heteroatoms. The number of H-pyrrole nitrogens is 1. The summed E-state index contributed by atoms with van der Waals surface area (Å²) in [6, 6.07) is 14.8. The highest BCUT2D eigenvalue weighted by molar-refractivity contribution is 6.01. The van der Waals surface area contributed by atoms with Gasteiger partial charge >= 0.3 is 5.97 Å². The Bertz CT molecular complexity index is 707. The van der Waals surface area contributed by atoms with E-state index in [0.717, 1.165) is 5.56 Å². The second-order valence-electron chi connectivity index (χ2n) is 4.08. The van der Waals surface area contributed by atoms with E-state index < -0.39 is 5.97 Å². The molecular formula is C14H11N3O2. The van der Waals surface area contributed by atoms with Crippen LogP contribution in [-0.2, 0) is 11.3 Å². The van der Waals surface area contributed by atoms with Crippen molar-refractivity contribution in [1.29, 1.82) is 0 Å². The SMILES string of the molecule is O=C(OCc1ccccc1)c1cccc2[nH]nnc12. The largest absolute Gasteiger partial charge is 0.457 e. The molecule has 0 radical (unpaired) electrons. The molecule has 0 fully saturated rings. The number of carbonyl (C=O) groups is 1. The minimum atomic E-state index is -0.400. The topological polar surface area (TPSA) is 67.9 Å². The fraction of sp³-hybridized carbons (Fsp3) is 0.0714. The summed E-state index contributed by atoms with van der Waals surface area (Å²) in [4.78, 5) is 12.0. The molecule has 0 saturated heterocycles. The van der Waals surface area contributed by atoms with Gasteiger partial charge in [0.25, 0.3) is 0 Å². The Morgan fingerprint density at radius 1 is 1.11 bits per heavy atom. The molecule has 3 aromatic rings. The molecular weight excluding hydrogens is 242 g/mol. The molecule has 0 bridgehead atoms. The minimum absolute atomic E-state index is 0.244. The first-order valence-corrected chi connectivity index (χ1v) is 5.85. The summed E-state index contributed by atoms with van der Waals surface area (Å²) in [6.45, 7) is 0.244. The third kappa shape index (κ3) is 2.30. The van der Waals surface area contributed by atoms with Crippen molar-refractivity contribution in [2.75, 3.05) is 0 Å². The molecule has 1 aromatic heterocycles. The first kappa shape index (κ1) is 11.4. The Labute approximate surface area is 109 Å². The number of ether oxygens (including phenoxy) is 1. The monoisotopic (exact) mass is 253 g/mol. The zero-order chi connectivity index (χ0) is 13.1. The van der Waals surface area contributed by atoms with Crippen molar-refractivity contribution in [3.63, 3.8) is 0 Å². The summed E-state index contributed by atoms with van der Waals surface area (Å²) in [5.74, 6) is -0.400. The number of hydrogen-bond donors (Lipinski definition) is 1. The van der Waals surface area contributed by atoms with Crippen molar-refractivity contribution >= 4 is 17.0 Å². The van der Waals surface area contributed by atoms with E-state index in [-0.39, 0.29) is 6.61 Å². The Kier molecular flexibility index (Phi) is 2.94. The highest BCUT2D eigenvalue weighted by Gasteiger charge is 2.13. The smallest absolute Gasteiger partial charge is 0.340 e. The van der Waals surface area contributed by atoms with Gasteiger partial charge in [0.2, 0.25) is 0 Å². The van der Waals surface area contributed by atoms with Crippen molar-refractivity contribution in [1.82, 2.24) is 15.4 Å². The maximum atomic E-state index is 12.0. The van der Waals surface area contributed by atoms with E-state index in [1.54, 1.807) is 12.1 Å². The minimum Gasteiger partial charge on any atom is -0.457 e. The molecule has 0 atom stereocenters. The Morgan fingerprint density at radius 3 is 2.79 bits per heavy atom. The van der Waals surface area contributed by atoms with Gasteiger partial charge < -0.3 is 4.74 Å². The molecule has 0 saturated carbocycles. The average molecular weight is 253 g/mol. The van der Waals surface area contributed by atoms with Crippen LogP contribution in [0, 0.1) is 0 Å². The number of fused-ring (bicyclic) bond motifs is 1. The molecule has 0 unspecified atom stereocenters. The quantitative estimate of drug-likeness (QED) is 0.727. The van der Waals surface area contributed by atoms with Gasteiger partial charge in [0.15, 0.2) is 0 Å². The lowest BCUT2D eigenvalue weighted by molar-refractivity contribution is 0.0475. The number of nitrogens with zero attached hydrogens (tertiary/aromatic N) is 2. The summed E-state index contributed by atoms with van der Waals surface area (Å²) in [6.07, 6.45) is 0. The molecule has 1 heterocycles. The standard InChI is InChI=1S/C14H11N3O2/c18-14(19-9-10-5-2-1-3-6-10)11-7-4-8-12-13(11)16-17-15-12/h1-8H,9H2,(H,15,16,17). The molecule has 94 valence electrons. The fourth-order valence-corrected chi connectivity index (χ4v) is 1.84. The van der Waals surface area contributed by atoms with E-state index in [0.29, 0.717) is 16.6 Å². The number of nitrogens with one attached hydrogen (secondary N) is 1. The van der Waals surface area contributed by atoms with E-state index in [2.05, 4.69) is 15.4 Å². The predicted molar refractivity (Wildman–Crippen MR) is 69.5 cm³/mol. The van der Waals surface area contributed by atoms with Gasteiger partial charge in [-0.1, -0.05) is 41.6 Å². The molecule has 1 N–H and O–H groups in total. The lowest BCUT2D eigenvalue weighted by atomic mass is 10.2. The van der Waals surface area contributed by atoms with Gasteiger partial charge in [-0.25, -0.2) is 4.79 Å². The molecule has 2 aromatic carbocycles. The molecule has 0 aliphatic rings. The first-order chi connectivity index (χ1) is 9.34. The van der Waals surface area contributed by atoms with Crippen molar-refractivity contribution in [2.45, 2.75) is 6.61 Å². The molecule has 3 rings (SSSR count). The van der Waals surface area contributed by atoms with Gasteiger partial charge in [0, 0.05) is 0 Å². The van der Waals surface area contributed by atoms with Crippen LogP contribution in [0.4, 0.5) is 0 Å². The second kappa shape index (κ2) is 4.89. The molecule has 5 nitrogen and oxygen atoms in total. The van der Waals surface area contributed by atoms with Crippen LogP contribution in [0.5, 0.6) is 0 Å². The van der Waals surface area contributed by atoms with E-state index in [4.69, 9.17) is 4.74 Å². The van der Waals surface area contributed by atoms with Crippen molar-refractivity contribution in [3.8, 4) is 0 Å². The number of carbonyl (C=O) groups excluding carboxylic acids is 1. The third-order valence-electron chi connectivity index (χ3n) is 2.79. The zero-order valence-electron chi connectivity index (χ0n) is 10.0. The number of aromatic amines is 1. The zero-order valence-corrected chi connectivity index (χ0v) is 10.0. The fourth-order valence-electron chi connectivity index (χ4n) is 1.84. The van der Waals surface area contributed by atoms with Crippen LogP contribution < -0.4 is 0 Å². The third-order valence-corrected chi connectivity index (χ3v) is 2.79. The van der Waals surface area contributed by atoms with Gasteiger partial charge in [0.05, 0.1) is 11.1 Å². The number of hydrogen-bond acceptors (Lipinski definition) is 4. The number of benzene rings is 2. The molecule has 0 spiro atoms. The van der Waals surface area contributed by atoms with Crippen LogP contribution >= 0.6 is 0 Å². The maximum absolute atomic E-state index is 12.0. The normalized spacial score (nSPS) is 10.5. The molecule has 0 aliphatic carbocycles. The van der Waals surface area contributed by atoms with Crippen LogP contribution in [0.25, 0.3) is 11.0 Å². The first-order valence-electron chi connectivity index (χ1n) is 5.85. The summed E-state index contributed by atoms with van der Waals surface area (Å²) in [5, 5.41) is 10.3. The van der Waals surface area contributed by atoms with Crippen LogP contribution in [0.1, 0.15) is 15.9 Å². The van der Waals surface area contributed by atoms with E-state index >= 15 is 0 Å². The number of aromatic nitrogens is 3. The van der Waals surface area contributed by atoms with Crippen LogP contribution in [0.3, 0.4) is 0 Å². The number of rotatable bonds is 3. The van der Waals surface area contributed by atoms with Gasteiger partial charge in [-0.05, 0) is 17.7 Å². The molecule has 0 aliphatic heterocycles. The van der Waals surface area contributed by atoms with E-state index in [9.17, 15) is 4.79 Å². The number of esters is 1. The van der Waals surface area contributed by atoms with Crippen LogP contribution in [-0.4, -0.2) is 21.4 Å². The Morgan fingerprint density at radius 2 is 1.95 bits per heavy atom. The van der Waals surface area contributed by atoms with Crippen LogP contribution in [0.15, 0.2) is 48.5 Å². The lowest BCUT2D eigenvalue weighted by Gasteiger charge is -2.04. The predicted octanol–water partition coefficient (Wildman–Crippen LogP) is 2.31. The second-order valence-corrected chi connectivity index (χ2v) is 4.08. The lowest BCUT2D eigenvalue weighted by Crippen LogP contribution is -2.06. The Hall–Kier alpha value is -2.69. The van der Waals surface area contributed by atoms with Gasteiger partial charge in [-0.2, -0.15) is 0 Å². The van der Waals surface area contributed by atoms with Gasteiger partial charge in [-0.15, -0.1) is 5.10 Å². The van der Waals surface area contributed by atoms with Crippen LogP contribution in [0.2, 0.25) is 0 Å². The highest BCUT2D eigenvalue weighted by Crippen LogP contribution is 2.15. The summed E-state index contributed by atoms with van der Waals surface area (Å²) >= 11 is 0. The van der Waals surface area contributed by atoms with E-state index in [1.807, 2.05) is 36.4 Å². The molecule has 0 amide bonds. The van der Waals surface area contributed by atoms with Gasteiger partial charge in [0.1, 0.15) is 12.1 Å².